The van der Waals surface area contributed by atoms with Gasteiger partial charge in [0.05, 0.1) is 12.2 Å². The number of rotatable bonds is 5. The number of hydrogen-bond donors (Lipinski definition) is 1. The van der Waals surface area contributed by atoms with E-state index in [1.165, 1.54) is 17.4 Å². The summed E-state index contributed by atoms with van der Waals surface area (Å²) in [5.41, 5.74) is 0.222. The molecule has 0 spiro atoms. The van der Waals surface area contributed by atoms with Crippen LogP contribution in [0, 0.1) is 11.6 Å². The average molecular weight is 441 g/mol. The Bertz CT molecular complexity index is 1170. The SMILES string of the molecule is CCOc1ccc(/C(O)=C2/C(=O)C(=O)N(c3ccc(F)c(F)c3)C2c2cccs2)cc1. The lowest BCUT2D eigenvalue weighted by Gasteiger charge is -2.24. The predicted octanol–water partition coefficient (Wildman–Crippen LogP) is 5.05. The van der Waals surface area contributed by atoms with Crippen LogP contribution in [0.2, 0.25) is 0 Å². The first-order chi connectivity index (χ1) is 14.9. The Morgan fingerprint density at radius 2 is 1.84 bits per heavy atom. The minimum Gasteiger partial charge on any atom is -0.507 e. The van der Waals surface area contributed by atoms with Gasteiger partial charge in [0.2, 0.25) is 0 Å². The summed E-state index contributed by atoms with van der Waals surface area (Å²) in [5.74, 6) is -3.81. The molecule has 0 radical (unpaired) electrons. The summed E-state index contributed by atoms with van der Waals surface area (Å²) in [4.78, 5) is 27.5. The summed E-state index contributed by atoms with van der Waals surface area (Å²) in [7, 11) is 0. The number of nitrogens with zero attached hydrogens (tertiary/aromatic N) is 1. The molecule has 0 aliphatic carbocycles. The number of benzene rings is 2. The normalized spacial score (nSPS) is 17.9. The second kappa shape index (κ2) is 8.31. The van der Waals surface area contributed by atoms with Gasteiger partial charge in [-0.25, -0.2) is 8.78 Å². The highest BCUT2D eigenvalue weighted by Gasteiger charge is 2.47. The maximum atomic E-state index is 13.9. The lowest BCUT2D eigenvalue weighted by Crippen LogP contribution is -2.29. The van der Waals surface area contributed by atoms with Crippen LogP contribution < -0.4 is 9.64 Å². The van der Waals surface area contributed by atoms with Gasteiger partial charge >= 0.3 is 0 Å². The van der Waals surface area contributed by atoms with Crippen LogP contribution >= 0.6 is 11.3 Å². The minimum atomic E-state index is -1.14. The Kier molecular flexibility index (Phi) is 5.56. The summed E-state index contributed by atoms with van der Waals surface area (Å²) >= 11 is 1.28. The Hall–Kier alpha value is -3.52. The van der Waals surface area contributed by atoms with E-state index < -0.39 is 29.4 Å². The Balaban J connectivity index is 1.86. The largest absolute Gasteiger partial charge is 0.507 e. The zero-order valence-corrected chi connectivity index (χ0v) is 17.2. The van der Waals surface area contributed by atoms with Crippen LogP contribution in [0.15, 0.2) is 65.6 Å². The van der Waals surface area contributed by atoms with Gasteiger partial charge in [-0.15, -0.1) is 11.3 Å². The van der Waals surface area contributed by atoms with Crippen LogP contribution in [0.5, 0.6) is 5.75 Å². The molecule has 8 heteroatoms. The second-order valence-electron chi connectivity index (χ2n) is 6.74. The maximum Gasteiger partial charge on any atom is 0.300 e. The molecule has 0 saturated carbocycles. The van der Waals surface area contributed by atoms with Gasteiger partial charge in [-0.05, 0) is 54.8 Å². The number of thiophene rings is 1. The number of aliphatic hydroxyl groups excluding tert-OH is 1. The molecule has 1 amide bonds. The smallest absolute Gasteiger partial charge is 0.300 e. The zero-order chi connectivity index (χ0) is 22.1. The highest BCUT2D eigenvalue weighted by molar-refractivity contribution is 7.10. The number of ketones is 1. The number of Topliss-reactive ketones (excluding diaryl/α,β-unsaturated/α-hetero) is 1. The van der Waals surface area contributed by atoms with Crippen molar-refractivity contribution in [3.63, 3.8) is 0 Å². The van der Waals surface area contributed by atoms with Crippen molar-refractivity contribution < 1.29 is 28.2 Å². The van der Waals surface area contributed by atoms with Crippen LogP contribution in [0.25, 0.3) is 5.76 Å². The molecule has 1 N–H and O–H groups in total. The first-order valence-electron chi connectivity index (χ1n) is 9.45. The molecule has 1 saturated heterocycles. The zero-order valence-electron chi connectivity index (χ0n) is 16.3. The summed E-state index contributed by atoms with van der Waals surface area (Å²) in [5, 5.41) is 12.7. The van der Waals surface area contributed by atoms with Crippen LogP contribution in [0.4, 0.5) is 14.5 Å². The molecule has 2 heterocycles. The number of carbonyl (C=O) groups is 2. The van der Waals surface area contributed by atoms with E-state index in [1.54, 1.807) is 41.8 Å². The third kappa shape index (κ3) is 3.70. The van der Waals surface area contributed by atoms with Crippen molar-refractivity contribution in [1.29, 1.82) is 0 Å². The molecule has 1 unspecified atom stereocenters. The summed E-state index contributed by atoms with van der Waals surface area (Å²) in [6.45, 7) is 2.32. The van der Waals surface area contributed by atoms with Gasteiger partial charge in [-0.3, -0.25) is 14.5 Å². The summed E-state index contributed by atoms with van der Waals surface area (Å²) < 4.78 is 32.7. The van der Waals surface area contributed by atoms with Gasteiger partial charge in [-0.1, -0.05) is 6.07 Å². The molecule has 1 atom stereocenters. The van der Waals surface area contributed by atoms with Gasteiger partial charge in [0.1, 0.15) is 17.6 Å². The summed E-state index contributed by atoms with van der Waals surface area (Å²) in [6.07, 6.45) is 0. The van der Waals surface area contributed by atoms with Crippen LogP contribution in [-0.2, 0) is 9.59 Å². The predicted molar refractivity (Wildman–Crippen MR) is 113 cm³/mol. The molecule has 4 rings (SSSR count). The lowest BCUT2D eigenvalue weighted by atomic mass is 9.99. The number of aliphatic hydroxyl groups is 1. The van der Waals surface area contributed by atoms with Gasteiger partial charge in [-0.2, -0.15) is 0 Å². The van der Waals surface area contributed by atoms with E-state index in [0.29, 0.717) is 22.8 Å². The second-order valence-corrected chi connectivity index (χ2v) is 7.72. The molecule has 1 fully saturated rings. The molecular weight excluding hydrogens is 424 g/mol. The third-order valence-electron chi connectivity index (χ3n) is 4.88. The summed E-state index contributed by atoms with van der Waals surface area (Å²) in [6, 6.07) is 11.9. The third-order valence-corrected chi connectivity index (χ3v) is 5.80. The van der Waals surface area contributed by atoms with Gasteiger partial charge < -0.3 is 9.84 Å². The van der Waals surface area contributed by atoms with E-state index in [2.05, 4.69) is 0 Å². The fraction of sp³-hybridized carbons (Fsp3) is 0.130. The number of carbonyl (C=O) groups excluding carboxylic acids is 2. The van der Waals surface area contributed by atoms with Gasteiger partial charge in [0.25, 0.3) is 11.7 Å². The molecule has 1 aliphatic rings. The fourth-order valence-electron chi connectivity index (χ4n) is 3.48. The van der Waals surface area contributed by atoms with E-state index in [0.717, 1.165) is 17.0 Å². The molecule has 1 aliphatic heterocycles. The standard InChI is InChI=1S/C23H17F2NO4S/c1-2-30-15-8-5-13(6-9-15)21(27)19-20(18-4-3-11-31-18)26(23(29)22(19)28)14-7-10-16(24)17(25)12-14/h3-12,20,27H,2H2,1H3/b21-19-. The van der Waals surface area contributed by atoms with Crippen LogP contribution in [-0.4, -0.2) is 23.4 Å². The van der Waals surface area contributed by atoms with Crippen molar-refractivity contribution in [2.24, 2.45) is 0 Å². The van der Waals surface area contributed by atoms with Crippen molar-refractivity contribution in [1.82, 2.24) is 0 Å². The highest BCUT2D eigenvalue weighted by Crippen LogP contribution is 2.43. The van der Waals surface area contributed by atoms with Crippen LogP contribution in [0.1, 0.15) is 23.4 Å². The molecular formula is C23H17F2NO4S. The first-order valence-corrected chi connectivity index (χ1v) is 10.3. The van der Waals surface area contributed by atoms with E-state index in [4.69, 9.17) is 4.74 Å². The number of amides is 1. The van der Waals surface area contributed by atoms with Crippen molar-refractivity contribution >= 4 is 34.5 Å². The van der Waals surface area contributed by atoms with E-state index in [9.17, 15) is 23.5 Å². The Labute approximate surface area is 180 Å². The Morgan fingerprint density at radius 1 is 1.10 bits per heavy atom. The van der Waals surface area contributed by atoms with Crippen molar-refractivity contribution in [3.8, 4) is 5.75 Å². The molecule has 2 aromatic carbocycles. The number of anilines is 1. The first kappa shape index (κ1) is 20.7. The van der Waals surface area contributed by atoms with Crippen LogP contribution in [0.3, 0.4) is 0 Å². The number of ether oxygens (including phenoxy) is 1. The van der Waals surface area contributed by atoms with Gasteiger partial charge in [0.15, 0.2) is 11.6 Å². The quantitative estimate of drug-likeness (QED) is 0.342. The van der Waals surface area contributed by atoms with Gasteiger partial charge in [0, 0.05) is 22.2 Å². The minimum absolute atomic E-state index is 0.0187. The number of hydrogen-bond acceptors (Lipinski definition) is 5. The highest BCUT2D eigenvalue weighted by atomic mass is 32.1. The molecule has 1 aromatic heterocycles. The molecule has 5 nitrogen and oxygen atoms in total. The monoisotopic (exact) mass is 441 g/mol. The topological polar surface area (TPSA) is 66.8 Å². The lowest BCUT2D eigenvalue weighted by molar-refractivity contribution is -0.132. The average Bonchev–Trinajstić information content (AvgIpc) is 3.38. The number of halogens is 2. The van der Waals surface area contributed by atoms with E-state index in [1.807, 2.05) is 6.92 Å². The Morgan fingerprint density at radius 3 is 2.45 bits per heavy atom. The maximum absolute atomic E-state index is 13.9. The van der Waals surface area contributed by atoms with Crippen molar-refractivity contribution in [2.45, 2.75) is 13.0 Å². The fourth-order valence-corrected chi connectivity index (χ4v) is 4.30. The van der Waals surface area contributed by atoms with E-state index in [-0.39, 0.29) is 17.0 Å². The molecule has 31 heavy (non-hydrogen) atoms. The van der Waals surface area contributed by atoms with Crippen molar-refractivity contribution in [3.05, 3.63) is 87.6 Å². The molecule has 0 bridgehead atoms. The van der Waals surface area contributed by atoms with E-state index >= 15 is 0 Å². The molecule has 3 aromatic rings. The molecule has 158 valence electrons. The van der Waals surface area contributed by atoms with Crippen molar-refractivity contribution in [2.75, 3.05) is 11.5 Å².